The van der Waals surface area contributed by atoms with E-state index in [4.69, 9.17) is 5.11 Å². The molecule has 0 saturated heterocycles. The first-order valence-electron chi connectivity index (χ1n) is 5.61. The van der Waals surface area contributed by atoms with Gasteiger partial charge in [-0.25, -0.2) is 17.6 Å². The molecular weight excluding hydrogens is 365 g/mol. The highest BCUT2D eigenvalue weighted by Gasteiger charge is 2.20. The largest absolute Gasteiger partial charge is 0.478 e. The van der Waals surface area contributed by atoms with Gasteiger partial charge in [-0.1, -0.05) is 15.9 Å². The Morgan fingerprint density at radius 1 is 1.14 bits per heavy atom. The molecule has 0 amide bonds. The molecule has 0 saturated carbocycles. The molecule has 5 nitrogen and oxygen atoms in total. The molecule has 0 radical (unpaired) electrons. The quantitative estimate of drug-likeness (QED) is 0.862. The van der Waals surface area contributed by atoms with E-state index in [-0.39, 0.29) is 11.3 Å². The minimum atomic E-state index is -4.13. The first kappa shape index (κ1) is 15.5. The third kappa shape index (κ3) is 3.59. The number of carbonyl (C=O) groups is 1. The third-order valence-corrected chi connectivity index (χ3v) is 4.51. The standard InChI is InChI=1S/C13H9BrFNO4S/c14-9-2-4-10(5-3-9)16-21(19,20)12-6-1-8(13(17)18)7-11(12)15/h1-7,16H,(H,17,18). The molecule has 2 N–H and O–H groups in total. The second-order valence-corrected chi connectivity index (χ2v) is 6.63. The van der Waals surface area contributed by atoms with Crippen LogP contribution in [0.1, 0.15) is 10.4 Å². The second kappa shape index (κ2) is 5.82. The minimum Gasteiger partial charge on any atom is -0.478 e. The van der Waals surface area contributed by atoms with Crippen molar-refractivity contribution in [3.63, 3.8) is 0 Å². The summed E-state index contributed by atoms with van der Waals surface area (Å²) in [6, 6.07) is 8.87. The Kier molecular flexibility index (Phi) is 4.29. The summed E-state index contributed by atoms with van der Waals surface area (Å²) >= 11 is 3.21. The summed E-state index contributed by atoms with van der Waals surface area (Å²) in [5, 5.41) is 8.73. The highest BCUT2D eigenvalue weighted by Crippen LogP contribution is 2.21. The van der Waals surface area contributed by atoms with Crippen LogP contribution in [-0.4, -0.2) is 19.5 Å². The van der Waals surface area contributed by atoms with Crippen LogP contribution in [0.15, 0.2) is 51.8 Å². The van der Waals surface area contributed by atoms with Gasteiger partial charge in [0.1, 0.15) is 10.7 Å². The van der Waals surface area contributed by atoms with E-state index in [9.17, 15) is 17.6 Å². The van der Waals surface area contributed by atoms with Gasteiger partial charge in [0.2, 0.25) is 0 Å². The molecule has 0 bridgehead atoms. The van der Waals surface area contributed by atoms with Crippen molar-refractivity contribution >= 4 is 37.6 Å². The second-order valence-electron chi connectivity index (χ2n) is 4.06. The number of carboxylic acid groups (broad SMARTS) is 1. The number of halogens is 2. The zero-order valence-electron chi connectivity index (χ0n) is 10.4. The summed E-state index contributed by atoms with van der Waals surface area (Å²) in [7, 11) is -4.13. The van der Waals surface area contributed by atoms with Gasteiger partial charge < -0.3 is 5.11 Å². The fourth-order valence-electron chi connectivity index (χ4n) is 1.58. The summed E-state index contributed by atoms with van der Waals surface area (Å²) in [5.41, 5.74) is -0.0602. The van der Waals surface area contributed by atoms with Crippen molar-refractivity contribution in [2.45, 2.75) is 4.90 Å². The van der Waals surface area contributed by atoms with Crippen molar-refractivity contribution in [3.05, 3.63) is 58.3 Å². The Balaban J connectivity index is 2.35. The Hall–Kier alpha value is -1.93. The fraction of sp³-hybridized carbons (Fsp3) is 0. The number of anilines is 1. The summed E-state index contributed by atoms with van der Waals surface area (Å²) in [6.07, 6.45) is 0. The van der Waals surface area contributed by atoms with E-state index in [1.165, 1.54) is 12.1 Å². The first-order chi connectivity index (χ1) is 9.79. The van der Waals surface area contributed by atoms with Crippen LogP contribution >= 0.6 is 15.9 Å². The molecule has 8 heteroatoms. The molecule has 0 atom stereocenters. The zero-order valence-corrected chi connectivity index (χ0v) is 12.8. The van der Waals surface area contributed by atoms with Gasteiger partial charge >= 0.3 is 5.97 Å². The number of sulfonamides is 1. The molecule has 0 aliphatic carbocycles. The zero-order chi connectivity index (χ0) is 15.6. The highest BCUT2D eigenvalue weighted by atomic mass is 79.9. The summed E-state index contributed by atoms with van der Waals surface area (Å²) in [5.74, 6) is -2.46. The van der Waals surface area contributed by atoms with Crippen LogP contribution in [0.3, 0.4) is 0 Å². The smallest absolute Gasteiger partial charge is 0.335 e. The normalized spacial score (nSPS) is 11.1. The van der Waals surface area contributed by atoms with Gasteiger partial charge in [-0.15, -0.1) is 0 Å². The lowest BCUT2D eigenvalue weighted by Gasteiger charge is -2.09. The number of benzene rings is 2. The first-order valence-corrected chi connectivity index (χ1v) is 7.88. The van der Waals surface area contributed by atoms with Gasteiger partial charge in [-0.2, -0.15) is 0 Å². The predicted octanol–water partition coefficient (Wildman–Crippen LogP) is 3.09. The van der Waals surface area contributed by atoms with Gasteiger partial charge in [0.05, 0.1) is 5.56 Å². The van der Waals surface area contributed by atoms with Crippen LogP contribution in [0, 0.1) is 5.82 Å². The molecule has 21 heavy (non-hydrogen) atoms. The molecule has 0 aromatic heterocycles. The molecule has 0 heterocycles. The van der Waals surface area contributed by atoms with E-state index in [2.05, 4.69) is 20.7 Å². The van der Waals surface area contributed by atoms with Crippen molar-refractivity contribution in [2.75, 3.05) is 4.72 Å². The van der Waals surface area contributed by atoms with Crippen LogP contribution in [0.2, 0.25) is 0 Å². The van der Waals surface area contributed by atoms with E-state index in [1.807, 2.05) is 0 Å². The van der Waals surface area contributed by atoms with Crippen molar-refractivity contribution in [1.82, 2.24) is 0 Å². The molecule has 2 rings (SSSR count). The molecule has 0 aliphatic rings. The van der Waals surface area contributed by atoms with Gasteiger partial charge in [-0.05, 0) is 42.5 Å². The van der Waals surface area contributed by atoms with Crippen LogP contribution in [0.25, 0.3) is 0 Å². The average Bonchev–Trinajstić information content (AvgIpc) is 2.40. The fourth-order valence-corrected chi connectivity index (χ4v) is 2.96. The molecule has 0 unspecified atom stereocenters. The van der Waals surface area contributed by atoms with E-state index in [1.54, 1.807) is 12.1 Å². The Morgan fingerprint density at radius 2 is 1.76 bits per heavy atom. The van der Waals surface area contributed by atoms with Crippen molar-refractivity contribution in [1.29, 1.82) is 0 Å². The van der Waals surface area contributed by atoms with Gasteiger partial charge in [0.25, 0.3) is 10.0 Å². The van der Waals surface area contributed by atoms with Crippen molar-refractivity contribution < 1.29 is 22.7 Å². The molecular formula is C13H9BrFNO4S. The highest BCUT2D eigenvalue weighted by molar-refractivity contribution is 9.10. The molecule has 0 spiro atoms. The number of rotatable bonds is 4. The van der Waals surface area contributed by atoms with E-state index in [0.29, 0.717) is 6.07 Å². The van der Waals surface area contributed by atoms with Crippen LogP contribution in [0.5, 0.6) is 0 Å². The minimum absolute atomic E-state index is 0.264. The molecule has 0 fully saturated rings. The van der Waals surface area contributed by atoms with E-state index >= 15 is 0 Å². The molecule has 2 aromatic carbocycles. The number of aromatic carboxylic acids is 1. The maximum Gasteiger partial charge on any atom is 0.335 e. The van der Waals surface area contributed by atoms with Crippen LogP contribution in [-0.2, 0) is 10.0 Å². The Labute approximate surface area is 128 Å². The van der Waals surface area contributed by atoms with Gasteiger partial charge in [0.15, 0.2) is 0 Å². The number of hydrogen-bond donors (Lipinski definition) is 2. The molecule has 110 valence electrons. The van der Waals surface area contributed by atoms with E-state index < -0.39 is 26.7 Å². The lowest BCUT2D eigenvalue weighted by Crippen LogP contribution is -2.15. The SMILES string of the molecule is O=C(O)c1ccc(S(=O)(=O)Nc2ccc(Br)cc2)c(F)c1. The Morgan fingerprint density at radius 3 is 2.29 bits per heavy atom. The number of nitrogens with one attached hydrogen (secondary N) is 1. The topological polar surface area (TPSA) is 83.5 Å². The van der Waals surface area contributed by atoms with Crippen molar-refractivity contribution in [3.8, 4) is 0 Å². The summed E-state index contributed by atoms with van der Waals surface area (Å²) < 4.78 is 40.9. The van der Waals surface area contributed by atoms with Gasteiger partial charge in [-0.3, -0.25) is 4.72 Å². The third-order valence-electron chi connectivity index (χ3n) is 2.56. The van der Waals surface area contributed by atoms with Crippen LogP contribution < -0.4 is 4.72 Å². The van der Waals surface area contributed by atoms with Crippen molar-refractivity contribution in [2.24, 2.45) is 0 Å². The van der Waals surface area contributed by atoms with E-state index in [0.717, 1.165) is 16.6 Å². The number of carboxylic acids is 1. The maximum absolute atomic E-state index is 13.8. The summed E-state index contributed by atoms with van der Waals surface area (Å²) in [4.78, 5) is 10.1. The van der Waals surface area contributed by atoms with Crippen LogP contribution in [0.4, 0.5) is 10.1 Å². The summed E-state index contributed by atoms with van der Waals surface area (Å²) in [6.45, 7) is 0. The lowest BCUT2D eigenvalue weighted by atomic mass is 10.2. The maximum atomic E-state index is 13.8. The molecule has 2 aromatic rings. The monoisotopic (exact) mass is 373 g/mol. The molecule has 0 aliphatic heterocycles. The predicted molar refractivity (Wildman–Crippen MR) is 78.3 cm³/mol. The lowest BCUT2D eigenvalue weighted by molar-refractivity contribution is 0.0696. The Bertz CT molecular complexity index is 790. The van der Waals surface area contributed by atoms with Gasteiger partial charge in [0, 0.05) is 10.2 Å². The average molecular weight is 374 g/mol. The number of hydrogen-bond acceptors (Lipinski definition) is 3.